The summed E-state index contributed by atoms with van der Waals surface area (Å²) in [6.45, 7) is 1.99. The van der Waals surface area contributed by atoms with Crippen molar-refractivity contribution in [3.05, 3.63) is 84.3 Å². The lowest BCUT2D eigenvalue weighted by Gasteiger charge is -2.07. The van der Waals surface area contributed by atoms with Gasteiger partial charge in [0.2, 0.25) is 0 Å². The monoisotopic (exact) mass is 328 g/mol. The number of benzene rings is 1. The minimum atomic E-state index is -0.255. The van der Waals surface area contributed by atoms with Crippen LogP contribution in [0, 0.1) is 6.92 Å². The Hall–Kier alpha value is -3.47. The normalized spacial score (nSPS) is 10.8. The first-order valence-corrected chi connectivity index (χ1v) is 8.00. The van der Waals surface area contributed by atoms with Crippen molar-refractivity contribution in [2.24, 2.45) is 0 Å². The van der Waals surface area contributed by atoms with Crippen molar-refractivity contribution in [2.75, 3.05) is 5.32 Å². The molecule has 0 aliphatic rings. The lowest BCUT2D eigenvalue weighted by Crippen LogP contribution is -2.14. The number of imidazole rings is 1. The number of aromatic nitrogens is 3. The van der Waals surface area contributed by atoms with E-state index in [0.29, 0.717) is 17.1 Å². The van der Waals surface area contributed by atoms with Gasteiger partial charge in [-0.1, -0.05) is 30.3 Å². The van der Waals surface area contributed by atoms with E-state index in [1.807, 2.05) is 78.1 Å². The van der Waals surface area contributed by atoms with Gasteiger partial charge in [-0.3, -0.25) is 14.2 Å². The fourth-order valence-corrected chi connectivity index (χ4v) is 2.86. The molecule has 1 aromatic carbocycles. The second kappa shape index (κ2) is 6.20. The Balaban J connectivity index is 1.89. The highest BCUT2D eigenvalue weighted by molar-refractivity contribution is 6.07. The van der Waals surface area contributed by atoms with Gasteiger partial charge >= 0.3 is 0 Å². The van der Waals surface area contributed by atoms with Crippen LogP contribution in [-0.4, -0.2) is 20.3 Å². The smallest absolute Gasteiger partial charge is 0.276 e. The molecule has 0 radical (unpaired) electrons. The van der Waals surface area contributed by atoms with Crippen LogP contribution in [-0.2, 0) is 0 Å². The second-order valence-electron chi connectivity index (χ2n) is 5.70. The molecule has 3 heterocycles. The van der Waals surface area contributed by atoms with E-state index in [1.54, 1.807) is 6.20 Å². The van der Waals surface area contributed by atoms with Gasteiger partial charge in [0.1, 0.15) is 11.3 Å². The van der Waals surface area contributed by atoms with Crippen LogP contribution in [0.25, 0.3) is 17.0 Å². The molecular weight excluding hydrogens is 312 g/mol. The molecule has 0 fully saturated rings. The van der Waals surface area contributed by atoms with E-state index in [-0.39, 0.29) is 5.91 Å². The Bertz CT molecular complexity index is 1040. The molecule has 1 amide bonds. The Morgan fingerprint density at radius 3 is 2.52 bits per heavy atom. The predicted molar refractivity (Wildman–Crippen MR) is 97.6 cm³/mol. The molecule has 0 atom stereocenters. The summed E-state index contributed by atoms with van der Waals surface area (Å²) in [5, 5.41) is 2.91. The van der Waals surface area contributed by atoms with Crippen molar-refractivity contribution in [3.63, 3.8) is 0 Å². The zero-order valence-corrected chi connectivity index (χ0v) is 13.7. The van der Waals surface area contributed by atoms with Crippen molar-refractivity contribution in [2.45, 2.75) is 6.92 Å². The molecule has 0 unspecified atom stereocenters. The molecule has 122 valence electrons. The van der Waals surface area contributed by atoms with Crippen LogP contribution in [0.2, 0.25) is 0 Å². The molecule has 4 rings (SSSR count). The minimum Gasteiger partial charge on any atom is -0.321 e. The molecule has 0 bridgehead atoms. The number of carbonyl (C=O) groups is 1. The summed E-state index contributed by atoms with van der Waals surface area (Å²) < 4.78 is 1.96. The van der Waals surface area contributed by atoms with Gasteiger partial charge in [0.05, 0.1) is 5.69 Å². The van der Waals surface area contributed by atoms with E-state index in [9.17, 15) is 4.79 Å². The van der Waals surface area contributed by atoms with Crippen LogP contribution >= 0.6 is 0 Å². The summed E-state index contributed by atoms with van der Waals surface area (Å²) in [6, 6.07) is 20.8. The first-order chi connectivity index (χ1) is 12.2. The number of hydrogen-bond donors (Lipinski definition) is 1. The SMILES string of the molecule is Cc1cccc2nc(C(=O)Nc3ccccc3)c(-c3ccccn3)n12. The summed E-state index contributed by atoms with van der Waals surface area (Å²) in [6.07, 6.45) is 1.71. The molecule has 1 N–H and O–H groups in total. The van der Waals surface area contributed by atoms with Crippen LogP contribution < -0.4 is 5.32 Å². The van der Waals surface area contributed by atoms with Crippen molar-refractivity contribution in [1.82, 2.24) is 14.4 Å². The number of amides is 1. The van der Waals surface area contributed by atoms with Crippen LogP contribution in [0.1, 0.15) is 16.2 Å². The highest BCUT2D eigenvalue weighted by atomic mass is 16.1. The Morgan fingerprint density at radius 1 is 0.960 bits per heavy atom. The highest BCUT2D eigenvalue weighted by Gasteiger charge is 2.22. The molecule has 5 nitrogen and oxygen atoms in total. The number of nitrogens with zero attached hydrogens (tertiary/aromatic N) is 3. The molecule has 0 saturated carbocycles. The third kappa shape index (κ3) is 2.76. The average molecular weight is 328 g/mol. The third-order valence-electron chi connectivity index (χ3n) is 3.99. The van der Waals surface area contributed by atoms with Gasteiger partial charge in [0.15, 0.2) is 5.69 Å². The molecule has 5 heteroatoms. The van der Waals surface area contributed by atoms with Crippen LogP contribution in [0.4, 0.5) is 5.69 Å². The molecule has 4 aromatic rings. The minimum absolute atomic E-state index is 0.255. The number of carbonyl (C=O) groups excluding carboxylic acids is 1. The molecular formula is C20H16N4O. The number of aryl methyl sites for hydroxylation is 1. The van der Waals surface area contributed by atoms with E-state index in [0.717, 1.165) is 17.0 Å². The number of fused-ring (bicyclic) bond motifs is 1. The lowest BCUT2D eigenvalue weighted by molar-refractivity contribution is 0.102. The molecule has 0 aliphatic carbocycles. The van der Waals surface area contributed by atoms with Gasteiger partial charge in [0, 0.05) is 17.6 Å². The third-order valence-corrected chi connectivity index (χ3v) is 3.99. The van der Waals surface area contributed by atoms with Crippen LogP contribution in [0.3, 0.4) is 0 Å². The summed E-state index contributed by atoms with van der Waals surface area (Å²) >= 11 is 0. The molecule has 0 spiro atoms. The maximum absolute atomic E-state index is 12.9. The number of pyridine rings is 2. The fourth-order valence-electron chi connectivity index (χ4n) is 2.86. The van der Waals surface area contributed by atoms with Gasteiger partial charge in [-0.15, -0.1) is 0 Å². The highest BCUT2D eigenvalue weighted by Crippen LogP contribution is 2.25. The summed E-state index contributed by atoms with van der Waals surface area (Å²) in [5.74, 6) is -0.255. The summed E-state index contributed by atoms with van der Waals surface area (Å²) in [7, 11) is 0. The standard InChI is InChI=1S/C20H16N4O/c1-14-8-7-12-17-23-18(20(25)22-15-9-3-2-4-10-15)19(24(14)17)16-11-5-6-13-21-16/h2-13H,1H3,(H,22,25). The number of para-hydroxylation sites is 1. The summed E-state index contributed by atoms with van der Waals surface area (Å²) in [4.78, 5) is 21.9. The number of anilines is 1. The van der Waals surface area contributed by atoms with Gasteiger partial charge in [-0.25, -0.2) is 4.98 Å². The molecule has 0 aliphatic heterocycles. The van der Waals surface area contributed by atoms with Gasteiger partial charge in [-0.2, -0.15) is 0 Å². The Morgan fingerprint density at radius 2 is 1.76 bits per heavy atom. The first kappa shape index (κ1) is 15.1. The largest absolute Gasteiger partial charge is 0.321 e. The van der Waals surface area contributed by atoms with Gasteiger partial charge in [-0.05, 0) is 43.3 Å². The Labute approximate surface area is 145 Å². The fraction of sp³-hybridized carbons (Fsp3) is 0.0500. The topological polar surface area (TPSA) is 59.3 Å². The number of hydrogen-bond acceptors (Lipinski definition) is 3. The quantitative estimate of drug-likeness (QED) is 0.619. The number of rotatable bonds is 3. The van der Waals surface area contributed by atoms with Gasteiger partial charge in [0.25, 0.3) is 5.91 Å². The second-order valence-corrected chi connectivity index (χ2v) is 5.70. The van der Waals surface area contributed by atoms with Crippen molar-refractivity contribution >= 4 is 17.2 Å². The van der Waals surface area contributed by atoms with Crippen LogP contribution in [0.15, 0.2) is 72.9 Å². The lowest BCUT2D eigenvalue weighted by atomic mass is 10.2. The first-order valence-electron chi connectivity index (χ1n) is 8.00. The number of nitrogens with one attached hydrogen (secondary N) is 1. The van der Waals surface area contributed by atoms with E-state index in [1.165, 1.54) is 0 Å². The van der Waals surface area contributed by atoms with Gasteiger partial charge < -0.3 is 5.32 Å². The average Bonchev–Trinajstić information content (AvgIpc) is 3.04. The van der Waals surface area contributed by atoms with E-state index < -0.39 is 0 Å². The van der Waals surface area contributed by atoms with Crippen molar-refractivity contribution in [1.29, 1.82) is 0 Å². The predicted octanol–water partition coefficient (Wildman–Crippen LogP) is 3.96. The zero-order valence-electron chi connectivity index (χ0n) is 13.7. The molecule has 25 heavy (non-hydrogen) atoms. The van der Waals surface area contributed by atoms with Crippen LogP contribution in [0.5, 0.6) is 0 Å². The molecule has 3 aromatic heterocycles. The molecule has 0 saturated heterocycles. The maximum Gasteiger partial charge on any atom is 0.276 e. The van der Waals surface area contributed by atoms with E-state index in [2.05, 4.69) is 15.3 Å². The van der Waals surface area contributed by atoms with Crippen molar-refractivity contribution in [3.8, 4) is 11.4 Å². The van der Waals surface area contributed by atoms with Crippen molar-refractivity contribution < 1.29 is 4.79 Å². The summed E-state index contributed by atoms with van der Waals surface area (Å²) in [5.41, 5.74) is 4.21. The van der Waals surface area contributed by atoms with E-state index in [4.69, 9.17) is 0 Å². The van der Waals surface area contributed by atoms with E-state index >= 15 is 0 Å². The Kier molecular flexibility index (Phi) is 3.74. The maximum atomic E-state index is 12.9. The zero-order chi connectivity index (χ0) is 17.2.